The van der Waals surface area contributed by atoms with Gasteiger partial charge in [0.15, 0.2) is 5.89 Å². The number of ether oxygens (including phenoxy) is 1. The third kappa shape index (κ3) is 2.79. The number of fused-ring (bicyclic) bond motifs is 1. The van der Waals surface area contributed by atoms with Gasteiger partial charge in [-0.05, 0) is 24.1 Å². The number of aryl methyl sites for hydroxylation is 2. The van der Waals surface area contributed by atoms with Gasteiger partial charge < -0.3 is 14.5 Å². The molecule has 2 heterocycles. The molecule has 1 aliphatic rings. The lowest BCUT2D eigenvalue weighted by atomic mass is 10.1. The van der Waals surface area contributed by atoms with Crippen molar-refractivity contribution in [3.8, 4) is 5.75 Å². The number of hydrogen-bond acceptors (Lipinski definition) is 4. The first-order chi connectivity index (χ1) is 9.35. The molecule has 0 aliphatic carbocycles. The Kier molecular flexibility index (Phi) is 3.51. The van der Waals surface area contributed by atoms with E-state index in [1.165, 1.54) is 5.56 Å². The van der Waals surface area contributed by atoms with Crippen molar-refractivity contribution in [1.82, 2.24) is 10.3 Å². The Balaban J connectivity index is 1.66. The van der Waals surface area contributed by atoms with Crippen LogP contribution in [-0.4, -0.2) is 18.6 Å². The van der Waals surface area contributed by atoms with Crippen molar-refractivity contribution in [3.63, 3.8) is 0 Å². The van der Waals surface area contributed by atoms with Gasteiger partial charge in [-0.2, -0.15) is 0 Å². The van der Waals surface area contributed by atoms with Gasteiger partial charge in [0.1, 0.15) is 11.5 Å². The van der Waals surface area contributed by atoms with Crippen molar-refractivity contribution in [3.05, 3.63) is 47.2 Å². The van der Waals surface area contributed by atoms with E-state index in [9.17, 15) is 0 Å². The molecule has 0 saturated heterocycles. The predicted octanol–water partition coefficient (Wildman–Crippen LogP) is 2.11. The topological polar surface area (TPSA) is 47.3 Å². The average Bonchev–Trinajstić information content (AvgIpc) is 2.88. The van der Waals surface area contributed by atoms with E-state index in [0.29, 0.717) is 0 Å². The van der Waals surface area contributed by atoms with Gasteiger partial charge in [-0.15, -0.1) is 0 Å². The quantitative estimate of drug-likeness (QED) is 0.912. The van der Waals surface area contributed by atoms with Gasteiger partial charge in [0.2, 0.25) is 0 Å². The molecular weight excluding hydrogens is 240 g/mol. The first kappa shape index (κ1) is 12.2. The van der Waals surface area contributed by atoms with Gasteiger partial charge in [0, 0.05) is 19.4 Å². The highest BCUT2D eigenvalue weighted by atomic mass is 16.5. The zero-order valence-electron chi connectivity index (χ0n) is 11.1. The van der Waals surface area contributed by atoms with Gasteiger partial charge in [-0.3, -0.25) is 0 Å². The molecule has 0 unspecified atom stereocenters. The van der Waals surface area contributed by atoms with Crippen LogP contribution in [0.15, 0.2) is 28.7 Å². The molecule has 4 nitrogen and oxygen atoms in total. The predicted molar refractivity (Wildman–Crippen MR) is 72.3 cm³/mol. The summed E-state index contributed by atoms with van der Waals surface area (Å²) in [4.78, 5) is 4.57. The normalized spacial score (nSPS) is 14.2. The molecule has 1 aromatic heterocycles. The summed E-state index contributed by atoms with van der Waals surface area (Å²) in [5.74, 6) is 2.75. The highest BCUT2D eigenvalue weighted by Gasteiger charge is 2.16. The lowest BCUT2D eigenvalue weighted by Gasteiger charge is -2.08. The van der Waals surface area contributed by atoms with Gasteiger partial charge >= 0.3 is 0 Å². The maximum Gasteiger partial charge on any atom is 0.195 e. The number of aromatic nitrogens is 1. The monoisotopic (exact) mass is 258 g/mol. The van der Waals surface area contributed by atoms with Crippen molar-refractivity contribution in [1.29, 1.82) is 0 Å². The minimum atomic E-state index is 0.807. The molecule has 1 N–H and O–H groups in total. The summed E-state index contributed by atoms with van der Waals surface area (Å²) in [6.07, 6.45) is 2.72. The smallest absolute Gasteiger partial charge is 0.195 e. The van der Waals surface area contributed by atoms with Crippen LogP contribution in [0, 0.1) is 0 Å². The SMILES string of the molecule is COc1cccc(CCc2nc3c(o2)CNCC3)c1. The van der Waals surface area contributed by atoms with E-state index in [1.54, 1.807) is 7.11 Å². The third-order valence-electron chi connectivity index (χ3n) is 3.41. The summed E-state index contributed by atoms with van der Waals surface area (Å²) in [5.41, 5.74) is 2.37. The first-order valence-corrected chi connectivity index (χ1v) is 6.66. The second-order valence-electron chi connectivity index (χ2n) is 4.76. The van der Waals surface area contributed by atoms with E-state index in [4.69, 9.17) is 9.15 Å². The van der Waals surface area contributed by atoms with E-state index >= 15 is 0 Å². The van der Waals surface area contributed by atoms with Crippen molar-refractivity contribution in [2.24, 2.45) is 0 Å². The Morgan fingerprint density at radius 2 is 2.32 bits per heavy atom. The number of nitrogens with zero attached hydrogens (tertiary/aromatic N) is 1. The van der Waals surface area contributed by atoms with Crippen molar-refractivity contribution in [2.75, 3.05) is 13.7 Å². The van der Waals surface area contributed by atoms with Gasteiger partial charge in [-0.25, -0.2) is 4.98 Å². The summed E-state index contributed by atoms with van der Waals surface area (Å²) in [5, 5.41) is 3.29. The van der Waals surface area contributed by atoms with Crippen LogP contribution in [0.5, 0.6) is 5.75 Å². The Labute approximate surface area is 112 Å². The Hall–Kier alpha value is -1.81. The Bertz CT molecular complexity index is 540. The average molecular weight is 258 g/mol. The summed E-state index contributed by atoms with van der Waals surface area (Å²) in [6.45, 7) is 1.80. The van der Waals surface area contributed by atoms with E-state index in [-0.39, 0.29) is 0 Å². The fourth-order valence-electron chi connectivity index (χ4n) is 2.37. The second-order valence-corrected chi connectivity index (χ2v) is 4.76. The number of nitrogens with one attached hydrogen (secondary N) is 1. The molecule has 4 heteroatoms. The van der Waals surface area contributed by atoms with E-state index < -0.39 is 0 Å². The lowest BCUT2D eigenvalue weighted by molar-refractivity contribution is 0.413. The van der Waals surface area contributed by atoms with Crippen LogP contribution in [0.25, 0.3) is 0 Å². The van der Waals surface area contributed by atoms with Gasteiger partial charge in [-0.1, -0.05) is 12.1 Å². The number of methoxy groups -OCH3 is 1. The molecule has 0 atom stereocenters. The third-order valence-corrected chi connectivity index (χ3v) is 3.41. The minimum Gasteiger partial charge on any atom is -0.497 e. The highest BCUT2D eigenvalue weighted by Crippen LogP contribution is 2.18. The number of benzene rings is 1. The van der Waals surface area contributed by atoms with Crippen LogP contribution >= 0.6 is 0 Å². The summed E-state index contributed by atoms with van der Waals surface area (Å²) < 4.78 is 11.0. The van der Waals surface area contributed by atoms with Gasteiger partial charge in [0.05, 0.1) is 19.3 Å². The van der Waals surface area contributed by atoms with Crippen LogP contribution in [-0.2, 0) is 25.8 Å². The van der Waals surface area contributed by atoms with Crippen LogP contribution in [0.2, 0.25) is 0 Å². The van der Waals surface area contributed by atoms with Crippen LogP contribution in [0.4, 0.5) is 0 Å². The molecule has 0 spiro atoms. The second kappa shape index (κ2) is 5.45. The van der Waals surface area contributed by atoms with E-state index in [0.717, 1.165) is 55.4 Å². The molecule has 0 radical (unpaired) electrons. The standard InChI is InChI=1S/C15H18N2O2/c1-18-12-4-2-3-11(9-12)5-6-15-17-13-7-8-16-10-14(13)19-15/h2-4,9,16H,5-8,10H2,1H3. The summed E-state index contributed by atoms with van der Waals surface area (Å²) >= 11 is 0. The molecule has 1 aromatic carbocycles. The molecule has 0 fully saturated rings. The van der Waals surface area contributed by atoms with Crippen LogP contribution < -0.4 is 10.1 Å². The molecule has 0 saturated carbocycles. The number of oxazole rings is 1. The fourth-order valence-corrected chi connectivity index (χ4v) is 2.37. The van der Waals surface area contributed by atoms with E-state index in [2.05, 4.69) is 22.4 Å². The highest BCUT2D eigenvalue weighted by molar-refractivity contribution is 5.28. The number of rotatable bonds is 4. The molecule has 1 aliphatic heterocycles. The molecular formula is C15H18N2O2. The number of hydrogen-bond donors (Lipinski definition) is 1. The Morgan fingerprint density at radius 3 is 3.16 bits per heavy atom. The van der Waals surface area contributed by atoms with Crippen molar-refractivity contribution >= 4 is 0 Å². The first-order valence-electron chi connectivity index (χ1n) is 6.66. The lowest BCUT2D eigenvalue weighted by Crippen LogP contribution is -2.22. The molecule has 3 rings (SSSR count). The van der Waals surface area contributed by atoms with Gasteiger partial charge in [0.25, 0.3) is 0 Å². The van der Waals surface area contributed by atoms with Crippen molar-refractivity contribution < 1.29 is 9.15 Å². The van der Waals surface area contributed by atoms with E-state index in [1.807, 2.05) is 12.1 Å². The largest absolute Gasteiger partial charge is 0.497 e. The fraction of sp³-hybridized carbons (Fsp3) is 0.400. The zero-order chi connectivity index (χ0) is 13.1. The zero-order valence-corrected chi connectivity index (χ0v) is 11.1. The minimum absolute atomic E-state index is 0.807. The summed E-state index contributed by atoms with van der Waals surface area (Å²) in [6, 6.07) is 8.13. The Morgan fingerprint density at radius 1 is 1.37 bits per heavy atom. The molecule has 19 heavy (non-hydrogen) atoms. The van der Waals surface area contributed by atoms with Crippen LogP contribution in [0.1, 0.15) is 22.9 Å². The maximum absolute atomic E-state index is 5.78. The molecule has 0 amide bonds. The summed E-state index contributed by atoms with van der Waals surface area (Å²) in [7, 11) is 1.69. The molecule has 0 bridgehead atoms. The maximum atomic E-state index is 5.78. The molecule has 100 valence electrons. The van der Waals surface area contributed by atoms with Crippen molar-refractivity contribution in [2.45, 2.75) is 25.8 Å². The molecule has 2 aromatic rings. The van der Waals surface area contributed by atoms with Crippen LogP contribution in [0.3, 0.4) is 0 Å².